The van der Waals surface area contributed by atoms with E-state index >= 15 is 0 Å². The number of ether oxygens (including phenoxy) is 2. The van der Waals surface area contributed by atoms with Gasteiger partial charge < -0.3 is 14.4 Å². The first-order valence-corrected chi connectivity index (χ1v) is 9.49. The zero-order valence-electron chi connectivity index (χ0n) is 15.0. The average molecular weight is 341 g/mol. The third-order valence-electron chi connectivity index (χ3n) is 5.31. The Morgan fingerprint density at radius 2 is 2.08 bits per heavy atom. The molecule has 4 rings (SSSR count). The predicted octanol–water partition coefficient (Wildman–Crippen LogP) is 2.83. The van der Waals surface area contributed by atoms with Crippen LogP contribution >= 0.6 is 0 Å². The third kappa shape index (κ3) is 3.83. The fourth-order valence-electron chi connectivity index (χ4n) is 3.78. The number of amidine groups is 1. The van der Waals surface area contributed by atoms with E-state index in [0.717, 1.165) is 70.2 Å². The second-order valence-corrected chi connectivity index (χ2v) is 6.98. The van der Waals surface area contributed by atoms with Gasteiger partial charge in [-0.2, -0.15) is 0 Å². The topological polar surface area (TPSA) is 37.3 Å². The van der Waals surface area contributed by atoms with Crippen molar-refractivity contribution in [2.45, 2.75) is 38.7 Å². The van der Waals surface area contributed by atoms with E-state index in [2.05, 4.69) is 26.6 Å². The summed E-state index contributed by atoms with van der Waals surface area (Å²) in [4.78, 5) is 9.23. The smallest absolute Gasteiger partial charge is 0.137 e. The van der Waals surface area contributed by atoms with E-state index in [9.17, 15) is 0 Å². The van der Waals surface area contributed by atoms with Gasteiger partial charge in [-0.05, 0) is 31.4 Å². The summed E-state index contributed by atoms with van der Waals surface area (Å²) in [6.07, 6.45) is 10.4. The van der Waals surface area contributed by atoms with Gasteiger partial charge in [-0.3, -0.25) is 4.90 Å². The Kier molecular flexibility index (Phi) is 4.95. The van der Waals surface area contributed by atoms with Crippen LogP contribution < -0.4 is 0 Å². The van der Waals surface area contributed by atoms with Crippen molar-refractivity contribution < 1.29 is 9.47 Å². The third-order valence-corrected chi connectivity index (χ3v) is 5.31. The molecule has 1 unspecified atom stereocenters. The molecule has 4 aliphatic rings. The molecule has 1 fully saturated rings. The summed E-state index contributed by atoms with van der Waals surface area (Å²) in [5.74, 6) is 3.39. The van der Waals surface area contributed by atoms with Crippen molar-refractivity contribution in [1.29, 1.82) is 0 Å². The molecule has 0 spiro atoms. The molecule has 5 nitrogen and oxygen atoms in total. The highest BCUT2D eigenvalue weighted by molar-refractivity contribution is 5.94. The van der Waals surface area contributed by atoms with E-state index < -0.39 is 0 Å². The van der Waals surface area contributed by atoms with E-state index in [0.29, 0.717) is 0 Å². The lowest BCUT2D eigenvalue weighted by molar-refractivity contribution is 0.123. The summed E-state index contributed by atoms with van der Waals surface area (Å²) in [5.41, 5.74) is 4.53. The maximum absolute atomic E-state index is 6.23. The molecule has 0 saturated carbocycles. The number of nitrogens with zero attached hydrogens (tertiary/aromatic N) is 3. The van der Waals surface area contributed by atoms with Crippen molar-refractivity contribution in [1.82, 2.24) is 9.80 Å². The van der Waals surface area contributed by atoms with E-state index in [-0.39, 0.29) is 6.10 Å². The van der Waals surface area contributed by atoms with Crippen LogP contribution in [0.5, 0.6) is 0 Å². The van der Waals surface area contributed by atoms with Crippen molar-refractivity contribution in [2.75, 3.05) is 39.3 Å². The lowest BCUT2D eigenvalue weighted by atomic mass is 9.95. The van der Waals surface area contributed by atoms with Crippen LogP contribution in [0.15, 0.2) is 46.2 Å². The van der Waals surface area contributed by atoms with Gasteiger partial charge in [0.15, 0.2) is 0 Å². The van der Waals surface area contributed by atoms with Crippen LogP contribution in [-0.2, 0) is 9.47 Å². The van der Waals surface area contributed by atoms with Crippen molar-refractivity contribution in [3.63, 3.8) is 0 Å². The zero-order chi connectivity index (χ0) is 17.1. The van der Waals surface area contributed by atoms with Crippen LogP contribution in [0.25, 0.3) is 0 Å². The highest BCUT2D eigenvalue weighted by atomic mass is 16.5. The summed E-state index contributed by atoms with van der Waals surface area (Å²) >= 11 is 0. The molecule has 0 aromatic carbocycles. The fraction of sp³-hybridized carbons (Fsp3) is 0.600. The van der Waals surface area contributed by atoms with Gasteiger partial charge in [0.25, 0.3) is 0 Å². The molecule has 2 aliphatic heterocycles. The second-order valence-electron chi connectivity index (χ2n) is 6.98. The average Bonchev–Trinajstić information content (AvgIpc) is 3.30. The Hall–Kier alpha value is -1.97. The molecule has 0 aromatic rings. The van der Waals surface area contributed by atoms with Gasteiger partial charge in [0.05, 0.1) is 24.3 Å². The number of hydrogen-bond acceptors (Lipinski definition) is 5. The van der Waals surface area contributed by atoms with Crippen molar-refractivity contribution in [3.05, 3.63) is 41.2 Å². The first-order chi connectivity index (χ1) is 12.3. The molecule has 2 heterocycles. The highest BCUT2D eigenvalue weighted by Crippen LogP contribution is 2.33. The molecule has 0 amide bonds. The minimum Gasteiger partial charge on any atom is -0.498 e. The summed E-state index contributed by atoms with van der Waals surface area (Å²) in [6, 6.07) is 0. The molecular formula is C20H27N3O2. The van der Waals surface area contributed by atoms with Gasteiger partial charge in [0.2, 0.25) is 0 Å². The second kappa shape index (κ2) is 7.51. The number of hydrogen-bond donors (Lipinski definition) is 0. The minimum absolute atomic E-state index is 0.211. The maximum atomic E-state index is 6.23. The van der Waals surface area contributed by atoms with Gasteiger partial charge >= 0.3 is 0 Å². The normalized spacial score (nSPS) is 26.0. The highest BCUT2D eigenvalue weighted by Gasteiger charge is 2.27. The van der Waals surface area contributed by atoms with Gasteiger partial charge in [0.1, 0.15) is 11.9 Å². The van der Waals surface area contributed by atoms with Crippen LogP contribution in [0.2, 0.25) is 0 Å². The molecule has 1 saturated heterocycles. The van der Waals surface area contributed by atoms with E-state index in [1.165, 1.54) is 17.8 Å². The molecule has 0 aromatic heterocycles. The van der Waals surface area contributed by atoms with Crippen LogP contribution in [0.1, 0.15) is 32.6 Å². The predicted molar refractivity (Wildman–Crippen MR) is 98.2 cm³/mol. The Labute approximate surface area is 150 Å². The zero-order valence-corrected chi connectivity index (χ0v) is 15.0. The van der Waals surface area contributed by atoms with Gasteiger partial charge in [-0.1, -0.05) is 5.73 Å². The first kappa shape index (κ1) is 16.5. The monoisotopic (exact) mass is 341 g/mol. The molecule has 2 aliphatic carbocycles. The molecular weight excluding hydrogens is 314 g/mol. The van der Waals surface area contributed by atoms with Crippen LogP contribution in [0.3, 0.4) is 0 Å². The summed E-state index contributed by atoms with van der Waals surface area (Å²) in [6.45, 7) is 8.08. The number of allylic oxidation sites excluding steroid dienone is 2. The molecule has 0 bridgehead atoms. The number of rotatable bonds is 6. The lowest BCUT2D eigenvalue weighted by Crippen LogP contribution is -2.48. The summed E-state index contributed by atoms with van der Waals surface area (Å²) < 4.78 is 11.8. The SMILES string of the molecule is CCOC1=CC(OC2=C(CN3CCN(C4=NC=C=C4)CC3)CC2)CC1. The van der Waals surface area contributed by atoms with Crippen molar-refractivity contribution in [3.8, 4) is 0 Å². The molecule has 0 N–H and O–H groups in total. The van der Waals surface area contributed by atoms with E-state index in [1.807, 2.05) is 13.0 Å². The molecule has 134 valence electrons. The Morgan fingerprint density at radius 1 is 1.20 bits per heavy atom. The molecule has 25 heavy (non-hydrogen) atoms. The van der Waals surface area contributed by atoms with E-state index in [4.69, 9.17) is 9.47 Å². The minimum atomic E-state index is 0.211. The number of aliphatic imine (C=N–C) groups is 1. The van der Waals surface area contributed by atoms with Crippen molar-refractivity contribution >= 4 is 5.84 Å². The van der Waals surface area contributed by atoms with Crippen LogP contribution in [0, 0.1) is 0 Å². The van der Waals surface area contributed by atoms with Gasteiger partial charge in [-0.15, -0.1) is 0 Å². The Bertz CT molecular complexity index is 662. The van der Waals surface area contributed by atoms with Crippen LogP contribution in [-0.4, -0.2) is 61.1 Å². The van der Waals surface area contributed by atoms with E-state index in [1.54, 1.807) is 6.20 Å². The summed E-state index contributed by atoms with van der Waals surface area (Å²) in [7, 11) is 0. The first-order valence-electron chi connectivity index (χ1n) is 9.49. The van der Waals surface area contributed by atoms with Crippen molar-refractivity contribution in [2.24, 2.45) is 4.99 Å². The van der Waals surface area contributed by atoms with Gasteiger partial charge in [0, 0.05) is 51.6 Å². The molecule has 5 heteroatoms. The van der Waals surface area contributed by atoms with Crippen LogP contribution in [0.4, 0.5) is 0 Å². The summed E-state index contributed by atoms with van der Waals surface area (Å²) in [5, 5.41) is 0. The fourth-order valence-corrected chi connectivity index (χ4v) is 3.78. The Morgan fingerprint density at radius 3 is 2.76 bits per heavy atom. The van der Waals surface area contributed by atoms with Gasteiger partial charge in [-0.25, -0.2) is 4.99 Å². The Balaban J connectivity index is 1.26. The standard InChI is InChI=1S/C20H27N3O2/c1-2-24-17-6-7-18(14-17)25-19-8-5-16(19)15-22-10-12-23(13-11-22)20-4-3-9-21-20/h4,9,14,18H,2,5-8,10-13,15H2,1H3. The maximum Gasteiger partial charge on any atom is 0.137 e. The number of piperazine rings is 1. The molecule has 1 atom stereocenters. The quantitative estimate of drug-likeness (QED) is 0.696. The molecule has 0 radical (unpaired) electrons. The largest absolute Gasteiger partial charge is 0.498 e. The lowest BCUT2D eigenvalue weighted by Gasteiger charge is -2.37.